The second kappa shape index (κ2) is 4.85. The summed E-state index contributed by atoms with van der Waals surface area (Å²) in [5.41, 5.74) is 1.31. The Morgan fingerprint density at radius 3 is 2.67 bits per heavy atom. The van der Waals surface area contributed by atoms with E-state index in [2.05, 4.69) is 26.0 Å². The molecular weight excluding hydrogens is 300 g/mol. The van der Waals surface area contributed by atoms with E-state index in [1.54, 1.807) is 26.0 Å². The molecule has 0 atom stereocenters. The molecule has 2 rings (SSSR count). The average molecular weight is 311 g/mol. The standard InChI is InChI=1S/C11H11BrN4O2/c1-7-13-8(2)15(14-7)10-4-3-9(6-12)5-11(10)16(17)18/h3-5H,6H2,1-2H3. The predicted molar refractivity (Wildman–Crippen MR) is 70.1 cm³/mol. The lowest BCUT2D eigenvalue weighted by molar-refractivity contribution is -0.384. The van der Waals surface area contributed by atoms with E-state index in [4.69, 9.17) is 0 Å². The third-order valence-electron chi connectivity index (χ3n) is 2.49. The van der Waals surface area contributed by atoms with Crippen LogP contribution in [0.4, 0.5) is 5.69 Å². The van der Waals surface area contributed by atoms with Crippen LogP contribution in [0.1, 0.15) is 17.2 Å². The van der Waals surface area contributed by atoms with Gasteiger partial charge < -0.3 is 0 Å². The highest BCUT2D eigenvalue weighted by Crippen LogP contribution is 2.25. The van der Waals surface area contributed by atoms with E-state index in [0.29, 0.717) is 22.7 Å². The van der Waals surface area contributed by atoms with Gasteiger partial charge in [0, 0.05) is 11.4 Å². The van der Waals surface area contributed by atoms with Crippen molar-refractivity contribution in [2.75, 3.05) is 0 Å². The normalized spacial score (nSPS) is 10.6. The Hall–Kier alpha value is -1.76. The molecule has 0 amide bonds. The molecular formula is C11H11BrN4O2. The number of nitrogens with zero attached hydrogens (tertiary/aromatic N) is 4. The van der Waals surface area contributed by atoms with E-state index in [1.807, 2.05) is 6.07 Å². The SMILES string of the molecule is Cc1nc(C)n(-c2ccc(CBr)cc2[N+](=O)[O-])n1. The smallest absolute Gasteiger partial charge is 0.258 e. The molecule has 0 radical (unpaired) electrons. The summed E-state index contributed by atoms with van der Waals surface area (Å²) in [4.78, 5) is 14.9. The van der Waals surface area contributed by atoms with Gasteiger partial charge in [-0.15, -0.1) is 0 Å². The Morgan fingerprint density at radius 2 is 2.17 bits per heavy atom. The maximum Gasteiger partial charge on any atom is 0.295 e. The maximum atomic E-state index is 11.1. The molecule has 0 aliphatic rings. The van der Waals surface area contributed by atoms with Crippen LogP contribution >= 0.6 is 15.9 Å². The molecule has 0 saturated carbocycles. The lowest BCUT2D eigenvalue weighted by Crippen LogP contribution is -2.04. The summed E-state index contributed by atoms with van der Waals surface area (Å²) >= 11 is 3.28. The minimum Gasteiger partial charge on any atom is -0.258 e. The van der Waals surface area contributed by atoms with Gasteiger partial charge in [0.1, 0.15) is 17.3 Å². The molecule has 18 heavy (non-hydrogen) atoms. The summed E-state index contributed by atoms with van der Waals surface area (Å²) in [6, 6.07) is 5.06. The molecule has 2 aromatic rings. The van der Waals surface area contributed by atoms with Crippen molar-refractivity contribution in [2.45, 2.75) is 19.2 Å². The van der Waals surface area contributed by atoms with Crippen LogP contribution < -0.4 is 0 Å². The molecule has 0 aliphatic heterocycles. The summed E-state index contributed by atoms with van der Waals surface area (Å²) < 4.78 is 1.49. The maximum absolute atomic E-state index is 11.1. The van der Waals surface area contributed by atoms with Gasteiger partial charge in [-0.1, -0.05) is 22.0 Å². The lowest BCUT2D eigenvalue weighted by atomic mass is 10.2. The molecule has 1 aromatic carbocycles. The van der Waals surface area contributed by atoms with Crippen LogP contribution in [0.25, 0.3) is 5.69 Å². The molecule has 6 nitrogen and oxygen atoms in total. The molecule has 1 heterocycles. The monoisotopic (exact) mass is 310 g/mol. The highest BCUT2D eigenvalue weighted by molar-refractivity contribution is 9.08. The van der Waals surface area contributed by atoms with Crippen molar-refractivity contribution in [1.82, 2.24) is 14.8 Å². The number of hydrogen-bond donors (Lipinski definition) is 0. The molecule has 94 valence electrons. The molecule has 0 spiro atoms. The highest BCUT2D eigenvalue weighted by atomic mass is 79.9. The van der Waals surface area contributed by atoms with E-state index in [9.17, 15) is 10.1 Å². The number of aromatic nitrogens is 3. The van der Waals surface area contributed by atoms with Crippen LogP contribution in [0.15, 0.2) is 18.2 Å². The Balaban J connectivity index is 2.63. The third kappa shape index (κ3) is 2.26. The zero-order valence-corrected chi connectivity index (χ0v) is 11.5. The third-order valence-corrected chi connectivity index (χ3v) is 3.14. The van der Waals surface area contributed by atoms with Crippen LogP contribution in [0.3, 0.4) is 0 Å². The number of rotatable bonds is 3. The first kappa shape index (κ1) is 12.7. The van der Waals surface area contributed by atoms with Crippen LogP contribution in [-0.2, 0) is 5.33 Å². The first-order chi connectivity index (χ1) is 8.52. The number of hydrogen-bond acceptors (Lipinski definition) is 4. The zero-order valence-electron chi connectivity index (χ0n) is 9.92. The highest BCUT2D eigenvalue weighted by Gasteiger charge is 2.18. The topological polar surface area (TPSA) is 73.8 Å². The minimum atomic E-state index is -0.405. The summed E-state index contributed by atoms with van der Waals surface area (Å²) in [6.07, 6.45) is 0. The minimum absolute atomic E-state index is 0.0277. The van der Waals surface area contributed by atoms with Crippen molar-refractivity contribution in [3.05, 3.63) is 45.5 Å². The largest absolute Gasteiger partial charge is 0.295 e. The van der Waals surface area contributed by atoms with Crippen molar-refractivity contribution < 1.29 is 4.92 Å². The van der Waals surface area contributed by atoms with Gasteiger partial charge in [-0.2, -0.15) is 5.10 Å². The van der Waals surface area contributed by atoms with Crippen molar-refractivity contribution in [2.24, 2.45) is 0 Å². The van der Waals surface area contributed by atoms with Crippen LogP contribution in [-0.4, -0.2) is 19.7 Å². The molecule has 0 aliphatic carbocycles. The van der Waals surface area contributed by atoms with E-state index >= 15 is 0 Å². The van der Waals surface area contributed by atoms with Crippen LogP contribution in [0.2, 0.25) is 0 Å². The Bertz CT molecular complexity index is 609. The first-order valence-corrected chi connectivity index (χ1v) is 6.39. The molecule has 0 fully saturated rings. The van der Waals surface area contributed by atoms with E-state index in [-0.39, 0.29) is 5.69 Å². The second-order valence-corrected chi connectivity index (χ2v) is 4.39. The fourth-order valence-electron chi connectivity index (χ4n) is 1.73. The van der Waals surface area contributed by atoms with Gasteiger partial charge in [0.15, 0.2) is 0 Å². The number of nitro groups is 1. The van der Waals surface area contributed by atoms with Gasteiger partial charge in [0.05, 0.1) is 4.92 Å². The van der Waals surface area contributed by atoms with E-state index in [1.165, 1.54) is 4.68 Å². The Labute approximate surface area is 112 Å². The molecule has 7 heteroatoms. The summed E-state index contributed by atoms with van der Waals surface area (Å²) in [5.74, 6) is 1.22. The predicted octanol–water partition coefficient (Wildman–Crippen LogP) is 2.69. The average Bonchev–Trinajstić information content (AvgIpc) is 2.67. The van der Waals surface area contributed by atoms with Crippen LogP contribution in [0, 0.1) is 24.0 Å². The lowest BCUT2D eigenvalue weighted by Gasteiger charge is -2.05. The fourth-order valence-corrected chi connectivity index (χ4v) is 2.08. The van der Waals surface area contributed by atoms with E-state index < -0.39 is 4.92 Å². The fraction of sp³-hybridized carbons (Fsp3) is 0.273. The molecule has 1 aromatic heterocycles. The second-order valence-electron chi connectivity index (χ2n) is 3.83. The van der Waals surface area contributed by atoms with Crippen molar-refractivity contribution in [3.63, 3.8) is 0 Å². The number of halogens is 1. The number of benzene rings is 1. The Kier molecular flexibility index (Phi) is 3.42. The van der Waals surface area contributed by atoms with Gasteiger partial charge in [0.25, 0.3) is 5.69 Å². The number of alkyl halides is 1. The van der Waals surface area contributed by atoms with Gasteiger partial charge in [0.2, 0.25) is 0 Å². The number of nitro benzene ring substituents is 1. The van der Waals surface area contributed by atoms with Gasteiger partial charge >= 0.3 is 0 Å². The van der Waals surface area contributed by atoms with E-state index in [0.717, 1.165) is 5.56 Å². The summed E-state index contributed by atoms with van der Waals surface area (Å²) in [6.45, 7) is 3.52. The molecule has 0 saturated heterocycles. The summed E-state index contributed by atoms with van der Waals surface area (Å²) in [7, 11) is 0. The molecule has 0 unspecified atom stereocenters. The van der Waals surface area contributed by atoms with Gasteiger partial charge in [-0.25, -0.2) is 9.67 Å². The number of aryl methyl sites for hydroxylation is 2. The zero-order chi connectivity index (χ0) is 13.3. The first-order valence-electron chi connectivity index (χ1n) is 5.27. The molecule has 0 bridgehead atoms. The van der Waals surface area contributed by atoms with Gasteiger partial charge in [-0.3, -0.25) is 10.1 Å². The van der Waals surface area contributed by atoms with Gasteiger partial charge in [-0.05, 0) is 25.5 Å². The Morgan fingerprint density at radius 1 is 1.44 bits per heavy atom. The molecule has 0 N–H and O–H groups in total. The summed E-state index contributed by atoms with van der Waals surface area (Å²) in [5, 5.41) is 15.9. The van der Waals surface area contributed by atoms with Crippen LogP contribution in [0.5, 0.6) is 0 Å². The van der Waals surface area contributed by atoms with Crippen molar-refractivity contribution in [3.8, 4) is 5.69 Å². The van der Waals surface area contributed by atoms with Crippen molar-refractivity contribution in [1.29, 1.82) is 0 Å². The van der Waals surface area contributed by atoms with Crippen molar-refractivity contribution >= 4 is 21.6 Å². The quantitative estimate of drug-likeness (QED) is 0.496.